The topological polar surface area (TPSA) is 191 Å². The molecule has 4 rings (SSSR count). The highest BCUT2D eigenvalue weighted by atomic mass is 32.3. The molecule has 0 saturated heterocycles. The van der Waals surface area contributed by atoms with Crippen molar-refractivity contribution < 1.29 is 51.5 Å². The fraction of sp³-hybridized carbons (Fsp3) is 0.923. The summed E-state index contributed by atoms with van der Waals surface area (Å²) in [7, 11) is -15.0. The van der Waals surface area contributed by atoms with E-state index >= 15 is 0 Å². The van der Waals surface area contributed by atoms with Gasteiger partial charge in [-0.25, -0.2) is 12.5 Å². The maximum absolute atomic E-state index is 12.0. The Balaban J connectivity index is 1.70. The fourth-order valence-corrected chi connectivity index (χ4v) is 11.3. The van der Waals surface area contributed by atoms with Crippen molar-refractivity contribution in [2.75, 3.05) is 0 Å². The summed E-state index contributed by atoms with van der Waals surface area (Å²) in [5, 5.41) is 0. The first-order valence-corrected chi connectivity index (χ1v) is 18.4. The second-order valence-corrected chi connectivity index (χ2v) is 16.4. The zero-order chi connectivity index (χ0) is 30.6. The zero-order valence-corrected chi connectivity index (χ0v) is 26.2. The number of rotatable bonds is 11. The molecule has 4 fully saturated rings. The predicted octanol–water partition coefficient (Wildman–Crippen LogP) is 4.42. The summed E-state index contributed by atoms with van der Waals surface area (Å²) in [6.07, 6.45) is 4.67. The van der Waals surface area contributed by atoms with Gasteiger partial charge < -0.3 is 0 Å². The van der Waals surface area contributed by atoms with Crippen LogP contribution in [0.4, 0.5) is 0 Å². The van der Waals surface area contributed by atoms with Gasteiger partial charge in [-0.3, -0.25) is 13.7 Å². The molecule has 4 aliphatic carbocycles. The second kappa shape index (κ2) is 11.7. The Labute approximate surface area is 244 Å². The minimum atomic E-state index is -5.06. The third-order valence-electron chi connectivity index (χ3n) is 11.2. The van der Waals surface area contributed by atoms with E-state index in [0.717, 1.165) is 44.9 Å². The molecule has 4 unspecified atom stereocenters. The minimum absolute atomic E-state index is 0.00227. The lowest BCUT2D eigenvalue weighted by atomic mass is 9.43. The molecule has 0 bridgehead atoms. The SMILES string of the molecule is C=CCCC[C@@H](C)[C@H]1CC[C@H]2[C@@H]3CC(OS(=O)(=O)O)C4CC(OS(=O)(=O)O)C(OS(=O)(=O)O)C[C@]4(C)[C@H]3CC[C@]12C. The molecule has 0 aliphatic heterocycles. The van der Waals surface area contributed by atoms with E-state index < -0.39 is 60.8 Å². The van der Waals surface area contributed by atoms with Gasteiger partial charge >= 0.3 is 31.2 Å². The Hall–Kier alpha value is -0.650. The first-order chi connectivity index (χ1) is 18.8. The van der Waals surface area contributed by atoms with Gasteiger partial charge in [0.2, 0.25) is 0 Å². The Morgan fingerprint density at radius 2 is 1.37 bits per heavy atom. The summed E-state index contributed by atoms with van der Waals surface area (Å²) in [5.41, 5.74) is -0.808. The molecule has 15 heteroatoms. The lowest BCUT2D eigenvalue weighted by molar-refractivity contribution is -0.184. The first kappa shape index (κ1) is 33.2. The van der Waals surface area contributed by atoms with Gasteiger partial charge in [0.05, 0.1) is 6.10 Å². The van der Waals surface area contributed by atoms with E-state index in [2.05, 4.69) is 20.4 Å². The average Bonchev–Trinajstić information content (AvgIpc) is 3.15. The summed E-state index contributed by atoms with van der Waals surface area (Å²) in [4.78, 5) is 0. The van der Waals surface area contributed by atoms with Crippen LogP contribution >= 0.6 is 0 Å². The van der Waals surface area contributed by atoms with Crippen molar-refractivity contribution in [1.29, 1.82) is 0 Å². The average molecular weight is 645 g/mol. The van der Waals surface area contributed by atoms with Crippen LogP contribution in [-0.2, 0) is 43.7 Å². The Morgan fingerprint density at radius 3 is 1.95 bits per heavy atom. The molecule has 238 valence electrons. The third kappa shape index (κ3) is 7.19. The normalized spacial score (nSPS) is 42.1. The highest BCUT2D eigenvalue weighted by molar-refractivity contribution is 7.81. The van der Waals surface area contributed by atoms with E-state index in [-0.39, 0.29) is 36.0 Å². The number of hydrogen-bond donors (Lipinski definition) is 3. The van der Waals surface area contributed by atoms with Crippen LogP contribution < -0.4 is 0 Å². The van der Waals surface area contributed by atoms with Gasteiger partial charge in [0.25, 0.3) is 0 Å². The van der Waals surface area contributed by atoms with Crippen LogP contribution in [-0.4, -0.2) is 57.2 Å². The van der Waals surface area contributed by atoms with E-state index in [1.807, 2.05) is 13.0 Å². The lowest BCUT2D eigenvalue weighted by Crippen LogP contribution is -2.62. The fourth-order valence-electron chi connectivity index (χ4n) is 9.79. The Bertz CT molecular complexity index is 1300. The van der Waals surface area contributed by atoms with Crippen LogP contribution in [0.1, 0.15) is 85.0 Å². The van der Waals surface area contributed by atoms with Crippen LogP contribution in [0.5, 0.6) is 0 Å². The highest BCUT2D eigenvalue weighted by Crippen LogP contribution is 2.69. The molecule has 12 nitrogen and oxygen atoms in total. The second-order valence-electron chi connectivity index (χ2n) is 13.3. The van der Waals surface area contributed by atoms with E-state index in [9.17, 15) is 38.9 Å². The molecule has 0 spiro atoms. The molecular weight excluding hydrogens is 600 g/mol. The van der Waals surface area contributed by atoms with Crippen LogP contribution in [0, 0.1) is 46.3 Å². The summed E-state index contributed by atoms with van der Waals surface area (Å²) in [6, 6.07) is 0. The maximum Gasteiger partial charge on any atom is 0.397 e. The zero-order valence-electron chi connectivity index (χ0n) is 23.8. The van der Waals surface area contributed by atoms with Gasteiger partial charge in [-0.2, -0.15) is 25.3 Å². The quantitative estimate of drug-likeness (QED) is 0.163. The molecule has 11 atom stereocenters. The number of hydrogen-bond acceptors (Lipinski definition) is 9. The molecule has 0 radical (unpaired) electrons. The largest absolute Gasteiger partial charge is 0.397 e. The monoisotopic (exact) mass is 644 g/mol. The molecule has 0 aromatic rings. The van der Waals surface area contributed by atoms with Crippen molar-refractivity contribution >= 4 is 31.2 Å². The summed E-state index contributed by atoms with van der Waals surface area (Å²) < 4.78 is 114. The Morgan fingerprint density at radius 1 is 0.805 bits per heavy atom. The standard InChI is InChI=1S/C26H44O12S3/c1-5-6-7-8-16(2)18-9-10-19-17-13-22(36-39(27,28)29)21-14-23(37-40(30,31)32)24(38-41(33,34)35)15-26(21,4)20(17)11-12-25(18,19)3/h5,16-24H,1,6-15H2,2-4H3,(H,27,28,29)(H,30,31,32)(H,33,34,35)/t16-,17+,18-,19+,20+,21?,22?,23?,24?,25-,26-/m1/s1. The predicted molar refractivity (Wildman–Crippen MR) is 148 cm³/mol. The summed E-state index contributed by atoms with van der Waals surface area (Å²) in [5.74, 6) is 0.528. The molecule has 0 aromatic carbocycles. The van der Waals surface area contributed by atoms with Crippen molar-refractivity contribution in [3.05, 3.63) is 12.7 Å². The number of allylic oxidation sites excluding steroid dienone is 1. The van der Waals surface area contributed by atoms with Crippen molar-refractivity contribution in [3.8, 4) is 0 Å². The molecular formula is C26H44O12S3. The molecule has 0 heterocycles. The van der Waals surface area contributed by atoms with Crippen LogP contribution in [0.2, 0.25) is 0 Å². The van der Waals surface area contributed by atoms with Gasteiger partial charge in [-0.1, -0.05) is 33.3 Å². The van der Waals surface area contributed by atoms with Crippen LogP contribution in [0.3, 0.4) is 0 Å². The van der Waals surface area contributed by atoms with E-state index in [4.69, 9.17) is 12.5 Å². The van der Waals surface area contributed by atoms with E-state index in [1.165, 1.54) is 0 Å². The van der Waals surface area contributed by atoms with Crippen molar-refractivity contribution in [2.24, 2.45) is 46.3 Å². The number of fused-ring (bicyclic) bond motifs is 5. The molecule has 0 aromatic heterocycles. The molecule has 3 N–H and O–H groups in total. The molecule has 0 amide bonds. The third-order valence-corrected chi connectivity index (χ3v) is 12.7. The molecule has 4 aliphatic rings. The highest BCUT2D eigenvalue weighted by Gasteiger charge is 2.65. The van der Waals surface area contributed by atoms with Crippen molar-refractivity contribution in [3.63, 3.8) is 0 Å². The van der Waals surface area contributed by atoms with Crippen molar-refractivity contribution in [2.45, 2.75) is 103 Å². The van der Waals surface area contributed by atoms with E-state index in [0.29, 0.717) is 18.3 Å². The van der Waals surface area contributed by atoms with Gasteiger partial charge in [0, 0.05) is 0 Å². The van der Waals surface area contributed by atoms with Gasteiger partial charge in [0.15, 0.2) is 0 Å². The molecule has 41 heavy (non-hydrogen) atoms. The van der Waals surface area contributed by atoms with Gasteiger partial charge in [0.1, 0.15) is 12.2 Å². The summed E-state index contributed by atoms with van der Waals surface area (Å²) >= 11 is 0. The van der Waals surface area contributed by atoms with Crippen molar-refractivity contribution in [1.82, 2.24) is 0 Å². The Kier molecular flexibility index (Phi) is 9.48. The van der Waals surface area contributed by atoms with Crippen LogP contribution in [0.25, 0.3) is 0 Å². The van der Waals surface area contributed by atoms with Gasteiger partial charge in [-0.05, 0) is 104 Å². The minimum Gasteiger partial charge on any atom is -0.264 e. The summed E-state index contributed by atoms with van der Waals surface area (Å²) in [6.45, 7) is 10.3. The number of unbranched alkanes of at least 4 members (excludes halogenated alkanes) is 1. The molecule has 4 saturated carbocycles. The first-order valence-electron chi connectivity index (χ1n) is 14.4. The van der Waals surface area contributed by atoms with Gasteiger partial charge in [-0.15, -0.1) is 6.58 Å². The smallest absolute Gasteiger partial charge is 0.264 e. The lowest BCUT2D eigenvalue weighted by Gasteiger charge is -2.63. The van der Waals surface area contributed by atoms with Crippen LogP contribution in [0.15, 0.2) is 12.7 Å². The van der Waals surface area contributed by atoms with E-state index in [1.54, 1.807) is 0 Å². The maximum atomic E-state index is 12.0.